The minimum Gasteiger partial charge on any atom is -0.456 e. The molecular weight excluding hydrogens is 671 g/mol. The predicted molar refractivity (Wildman–Crippen MR) is 229 cm³/mol. The van der Waals surface area contributed by atoms with Crippen molar-refractivity contribution in [2.75, 3.05) is 4.90 Å². The van der Waals surface area contributed by atoms with Crippen LogP contribution in [0.1, 0.15) is 0 Å². The van der Waals surface area contributed by atoms with Crippen molar-refractivity contribution < 1.29 is 8.83 Å². The lowest BCUT2D eigenvalue weighted by Crippen LogP contribution is -2.10. The minimum atomic E-state index is 0.903. The third-order valence-electron chi connectivity index (χ3n) is 10.9. The van der Waals surface area contributed by atoms with E-state index < -0.39 is 0 Å². The van der Waals surface area contributed by atoms with Gasteiger partial charge in [-0.05, 0) is 117 Å². The van der Waals surface area contributed by atoms with Gasteiger partial charge in [0.25, 0.3) is 0 Å². The van der Waals surface area contributed by atoms with Gasteiger partial charge in [0.15, 0.2) is 0 Å². The number of nitrogens with zero attached hydrogens (tertiary/aromatic N) is 1. The Kier molecular flexibility index (Phi) is 7.17. The standard InChI is InChI=1S/C52H33NO2/c1-2-13-43-36(9-1)10-8-16-44(43)39-11-7-12-42(31-39)53(40-25-19-34(20-26-40)37-23-29-51-47(32-37)45-14-3-5-17-49(45)54-51)41-27-21-35(22-28-41)38-24-30-52-48(33-38)46-15-4-6-18-50(46)55-52/h1-33H. The Balaban J connectivity index is 1.01. The summed E-state index contributed by atoms with van der Waals surface area (Å²) in [5.41, 5.74) is 13.9. The fourth-order valence-electron chi connectivity index (χ4n) is 8.15. The molecule has 0 bridgehead atoms. The van der Waals surface area contributed by atoms with E-state index in [2.05, 4.69) is 181 Å². The fourth-order valence-corrected chi connectivity index (χ4v) is 8.15. The Bertz CT molecular complexity index is 3040. The molecule has 0 amide bonds. The first-order valence-corrected chi connectivity index (χ1v) is 18.7. The maximum Gasteiger partial charge on any atom is 0.135 e. The number of benzene rings is 9. The Morgan fingerprint density at radius 3 is 1.35 bits per heavy atom. The quantitative estimate of drug-likeness (QED) is 0.173. The van der Waals surface area contributed by atoms with Gasteiger partial charge in [0.05, 0.1) is 0 Å². The Morgan fingerprint density at radius 1 is 0.273 bits per heavy atom. The van der Waals surface area contributed by atoms with E-state index in [0.29, 0.717) is 0 Å². The Hall–Kier alpha value is -7.36. The van der Waals surface area contributed by atoms with Crippen LogP contribution < -0.4 is 4.90 Å². The topological polar surface area (TPSA) is 29.5 Å². The van der Waals surface area contributed by atoms with Gasteiger partial charge in [0.2, 0.25) is 0 Å². The maximum absolute atomic E-state index is 6.11. The molecule has 0 aliphatic heterocycles. The highest BCUT2D eigenvalue weighted by atomic mass is 16.3. The van der Waals surface area contributed by atoms with Crippen molar-refractivity contribution >= 4 is 71.7 Å². The van der Waals surface area contributed by atoms with Crippen LogP contribution in [0, 0.1) is 0 Å². The lowest BCUT2D eigenvalue weighted by atomic mass is 9.97. The molecule has 0 unspecified atom stereocenters. The second-order valence-corrected chi connectivity index (χ2v) is 14.1. The first kappa shape index (κ1) is 31.2. The van der Waals surface area contributed by atoms with E-state index in [1.807, 2.05) is 24.3 Å². The zero-order valence-corrected chi connectivity index (χ0v) is 29.8. The lowest BCUT2D eigenvalue weighted by molar-refractivity contribution is 0.668. The average Bonchev–Trinajstić information content (AvgIpc) is 3.82. The first-order valence-electron chi connectivity index (χ1n) is 18.7. The SMILES string of the molecule is c1cc(-c2cccc3ccccc23)cc(N(c2ccc(-c3ccc4oc5ccccc5c4c3)cc2)c2ccc(-c3ccc4oc5ccccc5c4c3)cc2)c1. The molecule has 0 radical (unpaired) electrons. The molecule has 0 spiro atoms. The summed E-state index contributed by atoms with van der Waals surface area (Å²) < 4.78 is 12.2. The molecule has 55 heavy (non-hydrogen) atoms. The minimum absolute atomic E-state index is 0.903. The highest BCUT2D eigenvalue weighted by Crippen LogP contribution is 2.41. The molecule has 9 aromatic carbocycles. The third-order valence-corrected chi connectivity index (χ3v) is 10.9. The van der Waals surface area contributed by atoms with E-state index in [0.717, 1.165) is 83.2 Å². The monoisotopic (exact) mass is 703 g/mol. The van der Waals surface area contributed by atoms with E-state index in [4.69, 9.17) is 8.83 Å². The first-order chi connectivity index (χ1) is 27.2. The molecule has 0 fully saturated rings. The van der Waals surface area contributed by atoms with Crippen LogP contribution >= 0.6 is 0 Å². The number of rotatable bonds is 6. The van der Waals surface area contributed by atoms with Gasteiger partial charge >= 0.3 is 0 Å². The normalized spacial score (nSPS) is 11.6. The van der Waals surface area contributed by atoms with Crippen LogP contribution in [0.2, 0.25) is 0 Å². The van der Waals surface area contributed by atoms with Crippen LogP contribution in [0.4, 0.5) is 17.1 Å². The van der Waals surface area contributed by atoms with Crippen LogP contribution in [-0.4, -0.2) is 0 Å². The zero-order chi connectivity index (χ0) is 36.3. The molecule has 0 atom stereocenters. The number of fused-ring (bicyclic) bond motifs is 7. The number of anilines is 3. The number of hydrogen-bond acceptors (Lipinski definition) is 3. The van der Waals surface area contributed by atoms with Crippen LogP contribution in [0.5, 0.6) is 0 Å². The molecule has 0 aliphatic rings. The molecule has 11 aromatic rings. The van der Waals surface area contributed by atoms with Gasteiger partial charge in [-0.3, -0.25) is 0 Å². The summed E-state index contributed by atoms with van der Waals surface area (Å²) in [6.07, 6.45) is 0. The summed E-state index contributed by atoms with van der Waals surface area (Å²) in [6.45, 7) is 0. The molecule has 0 N–H and O–H groups in total. The zero-order valence-electron chi connectivity index (χ0n) is 29.8. The highest BCUT2D eigenvalue weighted by Gasteiger charge is 2.16. The fraction of sp³-hybridized carbons (Fsp3) is 0. The van der Waals surface area contributed by atoms with Crippen LogP contribution in [0.3, 0.4) is 0 Å². The number of para-hydroxylation sites is 2. The van der Waals surface area contributed by atoms with E-state index >= 15 is 0 Å². The molecule has 0 aliphatic carbocycles. The van der Waals surface area contributed by atoms with Gasteiger partial charge in [0, 0.05) is 38.6 Å². The number of furan rings is 2. The van der Waals surface area contributed by atoms with E-state index in [-0.39, 0.29) is 0 Å². The molecule has 3 nitrogen and oxygen atoms in total. The molecule has 11 rings (SSSR count). The Morgan fingerprint density at radius 2 is 0.745 bits per heavy atom. The van der Waals surface area contributed by atoms with Gasteiger partial charge in [-0.25, -0.2) is 0 Å². The highest BCUT2D eigenvalue weighted by molar-refractivity contribution is 6.07. The molecule has 0 saturated carbocycles. The summed E-state index contributed by atoms with van der Waals surface area (Å²) in [5.74, 6) is 0. The second kappa shape index (κ2) is 12.6. The van der Waals surface area contributed by atoms with Crippen molar-refractivity contribution in [2.45, 2.75) is 0 Å². The Labute approximate surface area is 317 Å². The maximum atomic E-state index is 6.11. The van der Waals surface area contributed by atoms with E-state index in [1.54, 1.807) is 0 Å². The second-order valence-electron chi connectivity index (χ2n) is 14.1. The molecule has 0 saturated heterocycles. The largest absolute Gasteiger partial charge is 0.456 e. The smallest absolute Gasteiger partial charge is 0.135 e. The summed E-state index contributed by atoms with van der Waals surface area (Å²) in [7, 11) is 0. The van der Waals surface area contributed by atoms with Gasteiger partial charge in [-0.1, -0.05) is 127 Å². The van der Waals surface area contributed by atoms with Crippen molar-refractivity contribution in [1.29, 1.82) is 0 Å². The molecule has 3 heteroatoms. The summed E-state index contributed by atoms with van der Waals surface area (Å²) in [5, 5.41) is 7.00. The predicted octanol–water partition coefficient (Wildman–Crippen LogP) is 15.1. The van der Waals surface area contributed by atoms with Crippen molar-refractivity contribution in [3.63, 3.8) is 0 Å². The van der Waals surface area contributed by atoms with Crippen LogP contribution in [-0.2, 0) is 0 Å². The van der Waals surface area contributed by atoms with Gasteiger partial charge in [0.1, 0.15) is 22.3 Å². The molecule has 2 aromatic heterocycles. The summed E-state index contributed by atoms with van der Waals surface area (Å²) in [6, 6.07) is 71.2. The van der Waals surface area contributed by atoms with Gasteiger partial charge in [-0.2, -0.15) is 0 Å². The van der Waals surface area contributed by atoms with Gasteiger partial charge < -0.3 is 13.7 Å². The van der Waals surface area contributed by atoms with E-state index in [9.17, 15) is 0 Å². The van der Waals surface area contributed by atoms with Crippen molar-refractivity contribution in [2.24, 2.45) is 0 Å². The van der Waals surface area contributed by atoms with Crippen LogP contribution in [0.25, 0.3) is 88.0 Å². The molecule has 258 valence electrons. The molecule has 2 heterocycles. The molecular formula is C52H33NO2. The van der Waals surface area contributed by atoms with Gasteiger partial charge in [-0.15, -0.1) is 0 Å². The average molecular weight is 704 g/mol. The van der Waals surface area contributed by atoms with Crippen molar-refractivity contribution in [3.05, 3.63) is 200 Å². The van der Waals surface area contributed by atoms with Crippen LogP contribution in [0.15, 0.2) is 209 Å². The van der Waals surface area contributed by atoms with E-state index in [1.165, 1.54) is 21.9 Å². The lowest BCUT2D eigenvalue weighted by Gasteiger charge is -2.26. The summed E-state index contributed by atoms with van der Waals surface area (Å²) >= 11 is 0. The van der Waals surface area contributed by atoms with Crippen molar-refractivity contribution in [1.82, 2.24) is 0 Å². The summed E-state index contributed by atoms with van der Waals surface area (Å²) in [4.78, 5) is 2.35. The van der Waals surface area contributed by atoms with Crippen molar-refractivity contribution in [3.8, 4) is 33.4 Å². The number of hydrogen-bond donors (Lipinski definition) is 0. The third kappa shape index (κ3) is 5.36.